The van der Waals surface area contributed by atoms with Crippen LogP contribution < -0.4 is 20.5 Å². The fourth-order valence-electron chi connectivity index (χ4n) is 4.30. The number of carbonyl (C=O) groups excluding carboxylic acids is 2. The zero-order valence-electron chi connectivity index (χ0n) is 19.2. The maximum atomic E-state index is 13.7. The Morgan fingerprint density at radius 3 is 2.38 bits per heavy atom. The minimum Gasteiger partial charge on any atom is -0.497 e. The number of rotatable bonds is 6. The first-order valence-corrected chi connectivity index (χ1v) is 11.4. The highest BCUT2D eigenvalue weighted by atomic mass is 35.5. The molecule has 0 radical (unpaired) electrons. The highest BCUT2D eigenvalue weighted by Gasteiger charge is 2.44. The smallest absolute Gasteiger partial charge is 0.274 e. The molecule has 34 heavy (non-hydrogen) atoms. The Morgan fingerprint density at radius 2 is 1.76 bits per heavy atom. The van der Waals surface area contributed by atoms with Crippen molar-refractivity contribution in [2.45, 2.75) is 32.4 Å². The molecule has 1 fully saturated rings. The van der Waals surface area contributed by atoms with Crippen molar-refractivity contribution in [3.63, 3.8) is 0 Å². The molecule has 176 valence electrons. The summed E-state index contributed by atoms with van der Waals surface area (Å²) in [5.74, 6) is -0.372. The second-order valence-corrected chi connectivity index (χ2v) is 8.66. The van der Waals surface area contributed by atoms with E-state index in [4.69, 9.17) is 16.3 Å². The molecule has 2 atom stereocenters. The van der Waals surface area contributed by atoms with E-state index >= 15 is 0 Å². The van der Waals surface area contributed by atoms with Gasteiger partial charge in [-0.25, -0.2) is 0 Å². The molecule has 0 saturated carbocycles. The summed E-state index contributed by atoms with van der Waals surface area (Å²) >= 11 is 5.94. The van der Waals surface area contributed by atoms with Crippen molar-refractivity contribution in [3.05, 3.63) is 92.9 Å². The van der Waals surface area contributed by atoms with Gasteiger partial charge in [0.05, 0.1) is 7.11 Å². The van der Waals surface area contributed by atoms with Gasteiger partial charge in [-0.1, -0.05) is 23.7 Å². The number of nitrogens with one attached hydrogen (secondary N) is 1. The highest BCUT2D eigenvalue weighted by Crippen LogP contribution is 2.33. The summed E-state index contributed by atoms with van der Waals surface area (Å²) in [6.45, 7) is 4.45. The predicted molar refractivity (Wildman–Crippen MR) is 132 cm³/mol. The lowest BCUT2D eigenvalue weighted by atomic mass is 9.93. The molecule has 1 aromatic heterocycles. The zero-order chi connectivity index (χ0) is 24.4. The average Bonchev–Trinajstić information content (AvgIpc) is 3.15. The topological polar surface area (TPSA) is 80.6 Å². The molecule has 2 aromatic carbocycles. The number of methoxy groups -OCH3 is 1. The number of hydrogen-bond acceptors (Lipinski definition) is 4. The molecule has 0 aliphatic carbocycles. The van der Waals surface area contributed by atoms with Gasteiger partial charge in [-0.3, -0.25) is 14.4 Å². The summed E-state index contributed by atoms with van der Waals surface area (Å²) in [6, 6.07) is 14.9. The minimum atomic E-state index is -0.842. The van der Waals surface area contributed by atoms with Crippen LogP contribution in [-0.2, 0) is 11.3 Å². The number of benzene rings is 2. The highest BCUT2D eigenvalue weighted by molar-refractivity contribution is 6.30. The molecule has 8 heteroatoms. The number of pyridine rings is 1. The minimum absolute atomic E-state index is 0.228. The van der Waals surface area contributed by atoms with Crippen molar-refractivity contribution in [2.75, 3.05) is 18.6 Å². The van der Waals surface area contributed by atoms with Crippen molar-refractivity contribution in [1.29, 1.82) is 0 Å². The molecule has 4 rings (SSSR count). The van der Waals surface area contributed by atoms with Crippen molar-refractivity contribution >= 4 is 29.1 Å². The van der Waals surface area contributed by atoms with Crippen LogP contribution >= 0.6 is 11.6 Å². The monoisotopic (exact) mass is 479 g/mol. The Kier molecular flexibility index (Phi) is 6.75. The number of halogens is 1. The van der Waals surface area contributed by atoms with E-state index < -0.39 is 6.04 Å². The van der Waals surface area contributed by atoms with Crippen LogP contribution in [0.5, 0.6) is 5.75 Å². The molecule has 3 aromatic rings. The van der Waals surface area contributed by atoms with Gasteiger partial charge in [0.1, 0.15) is 17.5 Å². The van der Waals surface area contributed by atoms with E-state index in [0.29, 0.717) is 34.1 Å². The summed E-state index contributed by atoms with van der Waals surface area (Å²) in [5.41, 5.74) is 2.09. The zero-order valence-corrected chi connectivity index (χ0v) is 20.0. The molecular weight excluding hydrogens is 454 g/mol. The van der Waals surface area contributed by atoms with Crippen LogP contribution in [0.1, 0.15) is 34.3 Å². The van der Waals surface area contributed by atoms with Crippen LogP contribution in [0.2, 0.25) is 5.02 Å². The molecule has 7 nitrogen and oxygen atoms in total. The second kappa shape index (κ2) is 9.73. The third kappa shape index (κ3) is 4.43. The second-order valence-electron chi connectivity index (χ2n) is 8.23. The van der Waals surface area contributed by atoms with Crippen molar-refractivity contribution in [1.82, 2.24) is 9.88 Å². The van der Waals surface area contributed by atoms with Crippen LogP contribution in [0.25, 0.3) is 0 Å². The summed E-state index contributed by atoms with van der Waals surface area (Å²) in [5, 5.41) is 3.41. The molecular formula is C26H26ClN3O4. The van der Waals surface area contributed by atoms with Gasteiger partial charge >= 0.3 is 0 Å². The first kappa shape index (κ1) is 23.6. The van der Waals surface area contributed by atoms with Gasteiger partial charge in [0.2, 0.25) is 5.91 Å². The lowest BCUT2D eigenvalue weighted by Crippen LogP contribution is -2.44. The largest absolute Gasteiger partial charge is 0.497 e. The van der Waals surface area contributed by atoms with Crippen molar-refractivity contribution < 1.29 is 14.3 Å². The fraction of sp³-hybridized carbons (Fsp3) is 0.269. The van der Waals surface area contributed by atoms with Gasteiger partial charge in [-0.2, -0.15) is 0 Å². The molecule has 0 bridgehead atoms. The quantitative estimate of drug-likeness (QED) is 0.583. The predicted octanol–water partition coefficient (Wildman–Crippen LogP) is 3.77. The van der Waals surface area contributed by atoms with Gasteiger partial charge in [0, 0.05) is 35.8 Å². The Hall–Kier alpha value is -3.58. The van der Waals surface area contributed by atoms with Gasteiger partial charge in [0.25, 0.3) is 11.5 Å². The number of amides is 2. The van der Waals surface area contributed by atoms with E-state index in [9.17, 15) is 14.4 Å². The van der Waals surface area contributed by atoms with E-state index in [1.54, 1.807) is 42.1 Å². The van der Waals surface area contributed by atoms with Crippen molar-refractivity contribution in [2.24, 2.45) is 0 Å². The molecule has 2 amide bonds. The average molecular weight is 480 g/mol. The summed E-state index contributed by atoms with van der Waals surface area (Å²) in [4.78, 5) is 41.3. The maximum absolute atomic E-state index is 13.7. The van der Waals surface area contributed by atoms with E-state index in [-0.39, 0.29) is 29.8 Å². The lowest BCUT2D eigenvalue weighted by molar-refractivity contribution is -0.118. The van der Waals surface area contributed by atoms with Gasteiger partial charge in [0.15, 0.2) is 0 Å². The summed E-state index contributed by atoms with van der Waals surface area (Å²) in [6.07, 6.45) is 1.72. The number of anilines is 1. The van der Waals surface area contributed by atoms with E-state index in [1.165, 1.54) is 4.90 Å². The molecule has 1 unspecified atom stereocenters. The summed E-state index contributed by atoms with van der Waals surface area (Å²) < 4.78 is 6.82. The number of nitrogens with zero attached hydrogens (tertiary/aromatic N) is 2. The molecule has 1 N–H and O–H groups in total. The molecule has 0 spiro atoms. The number of aryl methyl sites for hydroxylation is 2. The number of ether oxygens (including phenoxy) is 1. The molecule has 1 aliphatic heterocycles. The Morgan fingerprint density at radius 1 is 1.09 bits per heavy atom. The van der Waals surface area contributed by atoms with E-state index in [0.717, 1.165) is 5.56 Å². The Bertz CT molecular complexity index is 1270. The molecule has 2 heterocycles. The third-order valence-electron chi connectivity index (χ3n) is 6.20. The normalized spacial score (nSPS) is 17.6. The lowest BCUT2D eigenvalue weighted by Gasteiger charge is -2.19. The first-order valence-electron chi connectivity index (χ1n) is 11.1. The Labute approximate surface area is 202 Å². The SMILES string of the molecule is CCn1ccc(C)c(N2C[C@@H](c3ccc(OC)cc3)C(NC(=O)c3ccc(Cl)cc3)C2=O)c1=O. The first-order chi connectivity index (χ1) is 16.3. The summed E-state index contributed by atoms with van der Waals surface area (Å²) in [7, 11) is 1.59. The number of carbonyl (C=O) groups is 2. The number of hydrogen-bond donors (Lipinski definition) is 1. The van der Waals surface area contributed by atoms with Gasteiger partial charge in [-0.15, -0.1) is 0 Å². The van der Waals surface area contributed by atoms with Crippen LogP contribution in [0.4, 0.5) is 5.69 Å². The van der Waals surface area contributed by atoms with Gasteiger partial charge in [-0.05, 0) is 67.4 Å². The van der Waals surface area contributed by atoms with E-state index in [2.05, 4.69) is 5.32 Å². The van der Waals surface area contributed by atoms with Crippen molar-refractivity contribution in [3.8, 4) is 5.75 Å². The van der Waals surface area contributed by atoms with Gasteiger partial charge < -0.3 is 19.5 Å². The Balaban J connectivity index is 1.73. The van der Waals surface area contributed by atoms with Crippen LogP contribution in [0.3, 0.4) is 0 Å². The van der Waals surface area contributed by atoms with Crippen LogP contribution in [0, 0.1) is 6.92 Å². The number of aromatic nitrogens is 1. The molecule has 1 saturated heterocycles. The van der Waals surface area contributed by atoms with E-state index in [1.807, 2.05) is 44.2 Å². The standard InChI is InChI=1S/C26H26ClN3O4/c1-4-29-14-13-16(2)23(26(29)33)30-15-21(17-7-11-20(34-3)12-8-17)22(25(30)32)28-24(31)18-5-9-19(27)10-6-18/h5-14,21-22H,4,15H2,1-3H3,(H,28,31)/t21-,22?/m0/s1. The molecule has 1 aliphatic rings. The fourth-order valence-corrected chi connectivity index (χ4v) is 4.43. The van der Waals surface area contributed by atoms with Crippen LogP contribution in [-0.4, -0.2) is 36.1 Å². The van der Waals surface area contributed by atoms with Crippen LogP contribution in [0.15, 0.2) is 65.6 Å². The maximum Gasteiger partial charge on any atom is 0.274 e. The third-order valence-corrected chi connectivity index (χ3v) is 6.45.